The summed E-state index contributed by atoms with van der Waals surface area (Å²) in [7, 11) is 1.59. The van der Waals surface area contributed by atoms with Crippen molar-refractivity contribution in [3.05, 3.63) is 43.8 Å². The van der Waals surface area contributed by atoms with Gasteiger partial charge in [-0.2, -0.15) is 0 Å². The Morgan fingerprint density at radius 3 is 2.92 bits per heavy atom. The molecule has 6 nitrogen and oxygen atoms in total. The molecule has 0 saturated carbocycles. The number of aromatic nitrogens is 2. The summed E-state index contributed by atoms with van der Waals surface area (Å²) in [5.74, 6) is -0.393. The Kier molecular flexibility index (Phi) is 4.82. The number of methoxy groups -OCH3 is 1. The Morgan fingerprint density at radius 2 is 2.21 bits per heavy atom. The van der Waals surface area contributed by atoms with E-state index in [4.69, 9.17) is 4.74 Å². The van der Waals surface area contributed by atoms with Crippen LogP contribution >= 0.6 is 11.3 Å². The maximum absolute atomic E-state index is 12.7. The van der Waals surface area contributed by atoms with Crippen molar-refractivity contribution >= 4 is 22.4 Å². The van der Waals surface area contributed by atoms with Gasteiger partial charge in [-0.3, -0.25) is 14.9 Å². The molecule has 0 aromatic carbocycles. The first kappa shape index (κ1) is 16.9. The van der Waals surface area contributed by atoms with E-state index in [2.05, 4.69) is 10.3 Å². The first-order valence-electron chi connectivity index (χ1n) is 8.01. The molecular formula is C17H21N3O3S. The lowest BCUT2D eigenvalue weighted by atomic mass is 10.1. The zero-order valence-corrected chi connectivity index (χ0v) is 15.0. The van der Waals surface area contributed by atoms with Crippen LogP contribution in [-0.4, -0.2) is 29.2 Å². The van der Waals surface area contributed by atoms with Gasteiger partial charge in [-0.05, 0) is 44.7 Å². The maximum Gasteiger partial charge on any atom is 0.263 e. The number of anilines is 1. The van der Waals surface area contributed by atoms with Crippen molar-refractivity contribution in [3.8, 4) is 0 Å². The Labute approximate surface area is 144 Å². The first-order valence-corrected chi connectivity index (χ1v) is 8.83. The van der Waals surface area contributed by atoms with Crippen molar-refractivity contribution in [2.45, 2.75) is 39.7 Å². The first-order chi connectivity index (χ1) is 11.5. The average molecular weight is 347 g/mol. The summed E-state index contributed by atoms with van der Waals surface area (Å²) in [6, 6.07) is 1.85. The Bertz CT molecular complexity index is 817. The van der Waals surface area contributed by atoms with E-state index in [0.29, 0.717) is 23.8 Å². The van der Waals surface area contributed by atoms with Crippen LogP contribution in [0.15, 0.2) is 10.9 Å². The van der Waals surface area contributed by atoms with Gasteiger partial charge in [0, 0.05) is 24.2 Å². The number of carbonyl (C=O) groups is 1. The highest BCUT2D eigenvalue weighted by Gasteiger charge is 2.21. The lowest BCUT2D eigenvalue weighted by Crippen LogP contribution is -2.32. The van der Waals surface area contributed by atoms with Gasteiger partial charge in [0.15, 0.2) is 5.13 Å². The second kappa shape index (κ2) is 6.86. The van der Waals surface area contributed by atoms with Crippen LogP contribution in [0.25, 0.3) is 0 Å². The van der Waals surface area contributed by atoms with Crippen LogP contribution in [0.2, 0.25) is 0 Å². The van der Waals surface area contributed by atoms with E-state index < -0.39 is 5.91 Å². The van der Waals surface area contributed by atoms with Crippen LogP contribution in [0.5, 0.6) is 0 Å². The zero-order chi connectivity index (χ0) is 17.3. The Morgan fingerprint density at radius 1 is 1.42 bits per heavy atom. The molecule has 3 rings (SSSR count). The fourth-order valence-corrected chi connectivity index (χ4v) is 4.11. The third kappa shape index (κ3) is 3.14. The molecule has 7 heteroatoms. The van der Waals surface area contributed by atoms with Crippen molar-refractivity contribution < 1.29 is 9.53 Å². The van der Waals surface area contributed by atoms with Gasteiger partial charge in [0.05, 0.1) is 12.3 Å². The predicted octanol–water partition coefficient (Wildman–Crippen LogP) is 2.31. The van der Waals surface area contributed by atoms with Gasteiger partial charge in [-0.25, -0.2) is 4.98 Å². The maximum atomic E-state index is 12.7. The summed E-state index contributed by atoms with van der Waals surface area (Å²) in [4.78, 5) is 31.1. The fourth-order valence-electron chi connectivity index (χ4n) is 3.07. The molecule has 0 unspecified atom stereocenters. The SMILES string of the molecule is COCCn1c(C)cc(C)c(C(=O)Nc2nc3c(s2)CCC3)c1=O. The molecule has 1 amide bonds. The highest BCUT2D eigenvalue weighted by molar-refractivity contribution is 7.16. The number of pyridine rings is 1. The van der Waals surface area contributed by atoms with E-state index in [0.717, 1.165) is 30.7 Å². The quantitative estimate of drug-likeness (QED) is 0.901. The van der Waals surface area contributed by atoms with E-state index in [1.807, 2.05) is 13.0 Å². The van der Waals surface area contributed by atoms with Gasteiger partial charge in [0.25, 0.3) is 11.5 Å². The van der Waals surface area contributed by atoms with Crippen LogP contribution in [-0.2, 0) is 24.1 Å². The summed E-state index contributed by atoms with van der Waals surface area (Å²) in [5.41, 5.74) is 2.46. The largest absolute Gasteiger partial charge is 0.383 e. The highest BCUT2D eigenvalue weighted by Crippen LogP contribution is 2.30. The Hall–Kier alpha value is -1.99. The normalized spacial score (nSPS) is 13.1. The van der Waals surface area contributed by atoms with Crippen LogP contribution in [0.4, 0.5) is 5.13 Å². The molecule has 1 aliphatic carbocycles. The molecule has 0 saturated heterocycles. The zero-order valence-electron chi connectivity index (χ0n) is 14.1. The third-order valence-corrected chi connectivity index (χ3v) is 5.34. The van der Waals surface area contributed by atoms with E-state index in [1.54, 1.807) is 18.6 Å². The monoisotopic (exact) mass is 347 g/mol. The number of amides is 1. The van der Waals surface area contributed by atoms with Crippen LogP contribution in [0.1, 0.15) is 38.6 Å². The number of carbonyl (C=O) groups excluding carboxylic acids is 1. The molecule has 128 valence electrons. The Balaban J connectivity index is 1.89. The summed E-state index contributed by atoms with van der Waals surface area (Å²) in [6.07, 6.45) is 3.12. The van der Waals surface area contributed by atoms with E-state index in [1.165, 1.54) is 16.2 Å². The molecule has 2 heterocycles. The van der Waals surface area contributed by atoms with Gasteiger partial charge < -0.3 is 9.30 Å². The van der Waals surface area contributed by atoms with Gasteiger partial charge in [-0.15, -0.1) is 11.3 Å². The van der Waals surface area contributed by atoms with Crippen molar-refractivity contribution in [3.63, 3.8) is 0 Å². The summed E-state index contributed by atoms with van der Waals surface area (Å²) < 4.78 is 6.62. The van der Waals surface area contributed by atoms with Gasteiger partial charge in [0.1, 0.15) is 5.56 Å². The number of hydrogen-bond donors (Lipinski definition) is 1. The number of hydrogen-bond acceptors (Lipinski definition) is 5. The van der Waals surface area contributed by atoms with E-state index in [-0.39, 0.29) is 11.1 Å². The number of fused-ring (bicyclic) bond motifs is 1. The molecule has 2 aromatic heterocycles. The molecule has 0 bridgehead atoms. The summed E-state index contributed by atoms with van der Waals surface area (Å²) in [5, 5.41) is 3.37. The van der Waals surface area contributed by atoms with Crippen molar-refractivity contribution in [1.29, 1.82) is 0 Å². The molecule has 1 aliphatic rings. The lowest BCUT2D eigenvalue weighted by molar-refractivity contribution is 0.102. The average Bonchev–Trinajstić information content (AvgIpc) is 3.07. The minimum atomic E-state index is -0.393. The molecule has 1 N–H and O–H groups in total. The van der Waals surface area contributed by atoms with Crippen molar-refractivity contribution in [2.24, 2.45) is 0 Å². The fraction of sp³-hybridized carbons (Fsp3) is 0.471. The van der Waals surface area contributed by atoms with Crippen LogP contribution < -0.4 is 10.9 Å². The smallest absolute Gasteiger partial charge is 0.263 e. The molecule has 0 fully saturated rings. The van der Waals surface area contributed by atoms with E-state index >= 15 is 0 Å². The predicted molar refractivity (Wildman–Crippen MR) is 94.1 cm³/mol. The minimum absolute atomic E-state index is 0.173. The molecular weight excluding hydrogens is 326 g/mol. The second-order valence-corrected chi connectivity index (χ2v) is 7.07. The minimum Gasteiger partial charge on any atom is -0.383 e. The van der Waals surface area contributed by atoms with Crippen LogP contribution in [0.3, 0.4) is 0 Å². The lowest BCUT2D eigenvalue weighted by Gasteiger charge is -2.13. The number of nitrogens with zero attached hydrogens (tertiary/aromatic N) is 2. The number of ether oxygens (including phenoxy) is 1. The molecule has 2 aromatic rings. The van der Waals surface area contributed by atoms with Gasteiger partial charge >= 0.3 is 0 Å². The molecule has 0 radical (unpaired) electrons. The molecule has 0 aliphatic heterocycles. The van der Waals surface area contributed by atoms with Crippen LogP contribution in [0, 0.1) is 13.8 Å². The second-order valence-electron chi connectivity index (χ2n) is 5.99. The molecule has 24 heavy (non-hydrogen) atoms. The summed E-state index contributed by atoms with van der Waals surface area (Å²) >= 11 is 1.51. The number of nitrogens with one attached hydrogen (secondary N) is 1. The molecule has 0 atom stereocenters. The summed E-state index contributed by atoms with van der Waals surface area (Å²) in [6.45, 7) is 4.49. The number of thiazole rings is 1. The third-order valence-electron chi connectivity index (χ3n) is 4.27. The highest BCUT2D eigenvalue weighted by atomic mass is 32.1. The topological polar surface area (TPSA) is 73.2 Å². The van der Waals surface area contributed by atoms with E-state index in [9.17, 15) is 9.59 Å². The number of rotatable bonds is 5. The van der Waals surface area contributed by atoms with Gasteiger partial charge in [-0.1, -0.05) is 0 Å². The number of aryl methyl sites for hydroxylation is 4. The van der Waals surface area contributed by atoms with Gasteiger partial charge in [0.2, 0.25) is 0 Å². The standard InChI is InChI=1S/C17H21N3O3S/c1-10-9-11(2)20(7-8-23-3)16(22)14(10)15(21)19-17-18-12-5-4-6-13(12)24-17/h9H,4-8H2,1-3H3,(H,18,19,21). The van der Waals surface area contributed by atoms with Crippen molar-refractivity contribution in [2.75, 3.05) is 19.0 Å². The van der Waals surface area contributed by atoms with Crippen molar-refractivity contribution in [1.82, 2.24) is 9.55 Å². The molecule has 0 spiro atoms.